The first kappa shape index (κ1) is 28.0. The van der Waals surface area contributed by atoms with E-state index in [-0.39, 0.29) is 51.6 Å². The molecule has 0 bridgehead atoms. The lowest BCUT2D eigenvalue weighted by Crippen LogP contribution is -2.58. The van der Waals surface area contributed by atoms with Gasteiger partial charge in [0.25, 0.3) is 0 Å². The monoisotopic (exact) mass is 494 g/mol. The van der Waals surface area contributed by atoms with Crippen LogP contribution >= 0.6 is 0 Å². The molecule has 0 aromatic rings. The second-order valence-corrected chi connectivity index (χ2v) is 12.2. The van der Waals surface area contributed by atoms with Crippen LogP contribution in [0.2, 0.25) is 0 Å². The van der Waals surface area contributed by atoms with Crippen molar-refractivity contribution in [3.8, 4) is 0 Å². The lowest BCUT2D eigenvalue weighted by Gasteiger charge is -2.62. The van der Waals surface area contributed by atoms with Crippen molar-refractivity contribution < 1.29 is 23.9 Å². The van der Waals surface area contributed by atoms with E-state index in [2.05, 4.69) is 27.7 Å². The van der Waals surface area contributed by atoms with Gasteiger partial charge < -0.3 is 4.74 Å². The van der Waals surface area contributed by atoms with Gasteiger partial charge in [0, 0.05) is 29.7 Å². The minimum absolute atomic E-state index is 0.000506. The highest BCUT2D eigenvalue weighted by molar-refractivity contribution is 6.07. The Morgan fingerprint density at radius 3 is 2.17 bits per heavy atom. The number of hydrogen-bond donors (Lipinski definition) is 0. The summed E-state index contributed by atoms with van der Waals surface area (Å²) in [5, 5.41) is 0. The van der Waals surface area contributed by atoms with Crippen LogP contribution < -0.4 is 0 Å². The summed E-state index contributed by atoms with van der Waals surface area (Å²) in [6.07, 6.45) is 12.2. The fourth-order valence-electron chi connectivity index (χ4n) is 7.80. The van der Waals surface area contributed by atoms with Gasteiger partial charge >= 0.3 is 5.97 Å². The van der Waals surface area contributed by atoms with Crippen LogP contribution in [0.4, 0.5) is 0 Å². The van der Waals surface area contributed by atoms with Gasteiger partial charge in [-0.15, -0.1) is 0 Å². The van der Waals surface area contributed by atoms with Crippen molar-refractivity contribution in [3.05, 3.63) is 47.1 Å². The maximum Gasteiger partial charge on any atom is 0.302 e. The number of hydrogen-bond acceptors (Lipinski definition) is 5. The Morgan fingerprint density at radius 1 is 0.889 bits per heavy atom. The minimum atomic E-state index is -0.220. The first-order valence-electron chi connectivity index (χ1n) is 13.1. The summed E-state index contributed by atoms with van der Waals surface area (Å²) in [5.74, 6) is 0.268. The van der Waals surface area contributed by atoms with Crippen LogP contribution in [-0.2, 0) is 23.9 Å². The summed E-state index contributed by atoms with van der Waals surface area (Å²) in [5.41, 5.74) is 2.08. The Hall–Kier alpha value is -2.56. The highest BCUT2D eigenvalue weighted by Gasteiger charge is 2.65. The number of ketones is 3. The Morgan fingerprint density at radius 2 is 1.56 bits per heavy atom. The average molecular weight is 495 g/mol. The molecule has 0 heterocycles. The third-order valence-corrected chi connectivity index (χ3v) is 9.48. The Kier molecular flexibility index (Phi) is 7.83. The zero-order valence-electron chi connectivity index (χ0n) is 23.2. The summed E-state index contributed by atoms with van der Waals surface area (Å²) in [6, 6.07) is 0. The molecule has 0 aromatic carbocycles. The van der Waals surface area contributed by atoms with Gasteiger partial charge in [0.15, 0.2) is 17.3 Å². The Balaban J connectivity index is 1.89. The molecule has 0 saturated heterocycles. The molecule has 5 atom stereocenters. The van der Waals surface area contributed by atoms with Crippen molar-refractivity contribution in [3.63, 3.8) is 0 Å². The third-order valence-electron chi connectivity index (χ3n) is 9.48. The zero-order valence-corrected chi connectivity index (χ0v) is 23.2. The smallest absolute Gasteiger partial charge is 0.302 e. The SMILES string of the molecule is CC(=O)/C=C\C(=O)/C(C)=C/C=C/C(C)=C1\C(=O)C[C@@H]2[C@@]3(C)CC[C@H](OC(C)=O)C(C)(C)[C@@H]3CC[C@]12C. The van der Waals surface area contributed by atoms with Gasteiger partial charge in [0.1, 0.15) is 6.10 Å². The van der Waals surface area contributed by atoms with Crippen molar-refractivity contribution in [2.45, 2.75) is 93.6 Å². The molecule has 196 valence electrons. The molecule has 0 spiro atoms. The maximum atomic E-state index is 13.5. The first-order chi connectivity index (χ1) is 16.6. The van der Waals surface area contributed by atoms with E-state index in [9.17, 15) is 19.2 Å². The molecule has 0 unspecified atom stereocenters. The zero-order chi connectivity index (χ0) is 27.1. The molecule has 5 heteroatoms. The average Bonchev–Trinajstić information content (AvgIpc) is 3.05. The van der Waals surface area contributed by atoms with Crippen LogP contribution in [0.5, 0.6) is 0 Å². The van der Waals surface area contributed by atoms with Gasteiger partial charge in [-0.3, -0.25) is 19.2 Å². The molecule has 5 nitrogen and oxygen atoms in total. The summed E-state index contributed by atoms with van der Waals surface area (Å²) >= 11 is 0. The van der Waals surface area contributed by atoms with Gasteiger partial charge in [-0.25, -0.2) is 0 Å². The standard InChI is InChI=1S/C31H42O5/c1-19(23(34)13-12-21(3)32)10-9-11-20(2)28-24(35)18-26-30(7)17-15-27(36-22(4)33)29(5,6)25(30)14-16-31(26,28)8/h9-13,25-27H,14-18H2,1-8H3/b11-9+,13-12-,19-10+,28-20+/t25-,26+,27-,30-,31-/m0/s1. The molecule has 3 fully saturated rings. The number of rotatable bonds is 6. The number of carbonyl (C=O) groups is 4. The molecular weight excluding hydrogens is 452 g/mol. The van der Waals surface area contributed by atoms with E-state index in [1.807, 2.05) is 19.1 Å². The largest absolute Gasteiger partial charge is 0.462 e. The van der Waals surface area contributed by atoms with E-state index in [0.29, 0.717) is 17.9 Å². The Labute approximate surface area is 216 Å². The molecule has 36 heavy (non-hydrogen) atoms. The van der Waals surface area contributed by atoms with Crippen LogP contribution in [0.25, 0.3) is 0 Å². The predicted molar refractivity (Wildman–Crippen MR) is 141 cm³/mol. The van der Waals surface area contributed by atoms with Gasteiger partial charge in [-0.2, -0.15) is 0 Å². The number of Topliss-reactive ketones (excluding diaryl/α,β-unsaturated/α-hetero) is 1. The van der Waals surface area contributed by atoms with Gasteiger partial charge in [-0.05, 0) is 87.0 Å². The van der Waals surface area contributed by atoms with Crippen molar-refractivity contribution in [2.75, 3.05) is 0 Å². The highest BCUT2D eigenvalue weighted by Crippen LogP contribution is 2.69. The lowest BCUT2D eigenvalue weighted by atomic mass is 9.43. The topological polar surface area (TPSA) is 77.5 Å². The number of allylic oxidation sites excluding steroid dienone is 8. The van der Waals surface area contributed by atoms with E-state index < -0.39 is 0 Å². The molecular formula is C31H42O5. The number of ether oxygens (including phenoxy) is 1. The number of esters is 1. The molecule has 3 aliphatic carbocycles. The van der Waals surface area contributed by atoms with Crippen LogP contribution in [-0.4, -0.2) is 29.4 Å². The van der Waals surface area contributed by atoms with Gasteiger partial charge in [0.2, 0.25) is 0 Å². The number of carbonyl (C=O) groups excluding carboxylic acids is 4. The highest BCUT2D eigenvalue weighted by atomic mass is 16.5. The van der Waals surface area contributed by atoms with E-state index in [1.165, 1.54) is 26.0 Å². The lowest BCUT2D eigenvalue weighted by molar-refractivity contribution is -0.185. The van der Waals surface area contributed by atoms with Crippen molar-refractivity contribution in [1.82, 2.24) is 0 Å². The second-order valence-electron chi connectivity index (χ2n) is 12.2. The van der Waals surface area contributed by atoms with Crippen molar-refractivity contribution in [2.24, 2.45) is 28.1 Å². The predicted octanol–water partition coefficient (Wildman–Crippen LogP) is 6.28. The Bertz CT molecular complexity index is 1080. The molecule has 0 aliphatic heterocycles. The third kappa shape index (κ3) is 4.99. The molecule has 0 N–H and O–H groups in total. The summed E-state index contributed by atoms with van der Waals surface area (Å²) in [4.78, 5) is 48.4. The summed E-state index contributed by atoms with van der Waals surface area (Å²) < 4.78 is 5.75. The molecule has 0 amide bonds. The van der Waals surface area contributed by atoms with Gasteiger partial charge in [-0.1, -0.05) is 45.9 Å². The van der Waals surface area contributed by atoms with E-state index in [4.69, 9.17) is 4.74 Å². The summed E-state index contributed by atoms with van der Waals surface area (Å²) in [6.45, 7) is 15.7. The quantitative estimate of drug-likeness (QED) is 0.247. The van der Waals surface area contributed by atoms with E-state index in [0.717, 1.165) is 36.8 Å². The van der Waals surface area contributed by atoms with Crippen LogP contribution in [0.3, 0.4) is 0 Å². The molecule has 3 saturated carbocycles. The second kappa shape index (κ2) is 10.1. The minimum Gasteiger partial charge on any atom is -0.462 e. The van der Waals surface area contributed by atoms with Crippen molar-refractivity contribution >= 4 is 23.3 Å². The van der Waals surface area contributed by atoms with Crippen LogP contribution in [0.1, 0.15) is 87.5 Å². The van der Waals surface area contributed by atoms with Gasteiger partial charge in [0.05, 0.1) is 0 Å². The first-order valence-corrected chi connectivity index (χ1v) is 13.1. The molecule has 0 aromatic heterocycles. The van der Waals surface area contributed by atoms with Crippen LogP contribution in [0, 0.1) is 28.1 Å². The number of fused-ring (bicyclic) bond motifs is 3. The molecule has 3 aliphatic rings. The van der Waals surface area contributed by atoms with Crippen LogP contribution in [0.15, 0.2) is 47.1 Å². The van der Waals surface area contributed by atoms with Crippen molar-refractivity contribution in [1.29, 1.82) is 0 Å². The fourth-order valence-corrected chi connectivity index (χ4v) is 7.80. The normalized spacial score (nSPS) is 35.5. The maximum absolute atomic E-state index is 13.5. The molecule has 3 rings (SSSR count). The molecule has 0 radical (unpaired) electrons. The van der Waals surface area contributed by atoms with E-state index in [1.54, 1.807) is 13.0 Å². The summed E-state index contributed by atoms with van der Waals surface area (Å²) in [7, 11) is 0. The fraction of sp³-hybridized carbons (Fsp3) is 0.613. The van der Waals surface area contributed by atoms with E-state index >= 15 is 0 Å².